The van der Waals surface area contributed by atoms with Crippen molar-refractivity contribution in [2.45, 2.75) is 19.8 Å². The first-order chi connectivity index (χ1) is 13.0. The minimum absolute atomic E-state index is 0.0266. The first-order valence-electron chi connectivity index (χ1n) is 8.41. The zero-order chi connectivity index (χ0) is 19.4. The topological polar surface area (TPSA) is 83.3 Å². The molecule has 3 rings (SSSR count). The Morgan fingerprint density at radius 1 is 1.04 bits per heavy atom. The Morgan fingerprint density at radius 3 is 2.37 bits per heavy atom. The van der Waals surface area contributed by atoms with Crippen molar-refractivity contribution < 1.29 is 19.1 Å². The monoisotopic (exact) mass is 365 g/mol. The second-order valence-corrected chi connectivity index (χ2v) is 6.10. The van der Waals surface area contributed by atoms with Gasteiger partial charge in [-0.3, -0.25) is 0 Å². The van der Waals surface area contributed by atoms with Crippen LogP contribution in [0.15, 0.2) is 54.9 Å². The number of carbonyl (C=O) groups excluding carboxylic acids is 2. The number of hydrogen-bond donors (Lipinski definition) is 0. The number of nitrogens with zero attached hydrogens (tertiary/aromatic N) is 3. The second-order valence-electron chi connectivity index (χ2n) is 6.10. The summed E-state index contributed by atoms with van der Waals surface area (Å²) in [5.41, 5.74) is 1.46. The lowest BCUT2D eigenvalue weighted by atomic mass is 10.1. The molecule has 27 heavy (non-hydrogen) atoms. The summed E-state index contributed by atoms with van der Waals surface area (Å²) in [5, 5.41) is 4.31. The predicted molar refractivity (Wildman–Crippen MR) is 98.2 cm³/mol. The number of ether oxygens (including phenoxy) is 2. The van der Waals surface area contributed by atoms with E-state index in [9.17, 15) is 9.59 Å². The first kappa shape index (κ1) is 18.3. The van der Waals surface area contributed by atoms with Gasteiger partial charge in [-0.25, -0.2) is 19.3 Å². The van der Waals surface area contributed by atoms with Crippen molar-refractivity contribution in [1.82, 2.24) is 14.8 Å². The van der Waals surface area contributed by atoms with Gasteiger partial charge in [0.1, 0.15) is 11.3 Å². The molecule has 0 fully saturated rings. The SMILES string of the molecule is COC(=O)c1ccc(OC(=O)c2cnn(-c3ccccn3)c2C(C)C)cc1. The highest BCUT2D eigenvalue weighted by Gasteiger charge is 2.23. The third-order valence-corrected chi connectivity index (χ3v) is 3.93. The van der Waals surface area contributed by atoms with E-state index in [4.69, 9.17) is 4.74 Å². The predicted octanol–water partition coefficient (Wildman–Crippen LogP) is 3.40. The largest absolute Gasteiger partial charge is 0.465 e. The lowest BCUT2D eigenvalue weighted by Gasteiger charge is -2.12. The maximum atomic E-state index is 12.7. The average Bonchev–Trinajstić information content (AvgIpc) is 3.14. The molecule has 0 saturated carbocycles. The standard InChI is InChI=1S/C20H19N3O4/c1-13(2)18-16(12-22-23(18)17-6-4-5-11-21-17)20(25)27-15-9-7-14(8-10-15)19(24)26-3/h4-13H,1-3H3. The molecule has 7 heteroatoms. The Bertz CT molecular complexity index is 947. The average molecular weight is 365 g/mol. The molecule has 1 aromatic carbocycles. The van der Waals surface area contributed by atoms with Gasteiger partial charge in [0.15, 0.2) is 5.82 Å². The zero-order valence-electron chi connectivity index (χ0n) is 15.2. The van der Waals surface area contributed by atoms with Crippen LogP contribution in [0.25, 0.3) is 5.82 Å². The third kappa shape index (κ3) is 3.87. The van der Waals surface area contributed by atoms with Crippen molar-refractivity contribution in [3.05, 3.63) is 71.7 Å². The smallest absolute Gasteiger partial charge is 0.347 e. The Morgan fingerprint density at radius 2 is 1.78 bits per heavy atom. The maximum Gasteiger partial charge on any atom is 0.347 e. The van der Waals surface area contributed by atoms with Gasteiger partial charge in [0.25, 0.3) is 0 Å². The molecule has 7 nitrogen and oxygen atoms in total. The van der Waals surface area contributed by atoms with Crippen LogP contribution in [0, 0.1) is 0 Å². The molecule has 2 aromatic heterocycles. The highest BCUT2D eigenvalue weighted by Crippen LogP contribution is 2.24. The number of benzene rings is 1. The van der Waals surface area contributed by atoms with Gasteiger partial charge >= 0.3 is 11.9 Å². The van der Waals surface area contributed by atoms with E-state index in [1.165, 1.54) is 25.4 Å². The number of rotatable bonds is 5. The van der Waals surface area contributed by atoms with E-state index in [1.54, 1.807) is 23.0 Å². The maximum absolute atomic E-state index is 12.7. The van der Waals surface area contributed by atoms with Crippen LogP contribution >= 0.6 is 0 Å². The van der Waals surface area contributed by atoms with Crippen LogP contribution in [0.2, 0.25) is 0 Å². The number of pyridine rings is 1. The van der Waals surface area contributed by atoms with Crippen molar-refractivity contribution in [2.24, 2.45) is 0 Å². The van der Waals surface area contributed by atoms with E-state index in [2.05, 4.69) is 14.8 Å². The normalized spacial score (nSPS) is 10.7. The summed E-state index contributed by atoms with van der Waals surface area (Å²) in [6, 6.07) is 11.7. The third-order valence-electron chi connectivity index (χ3n) is 3.93. The van der Waals surface area contributed by atoms with Crippen molar-refractivity contribution in [2.75, 3.05) is 7.11 Å². The quantitative estimate of drug-likeness (QED) is 0.509. The van der Waals surface area contributed by atoms with Crippen LogP contribution in [-0.2, 0) is 4.74 Å². The van der Waals surface area contributed by atoms with Crippen molar-refractivity contribution >= 4 is 11.9 Å². The highest BCUT2D eigenvalue weighted by molar-refractivity contribution is 5.93. The van der Waals surface area contributed by atoms with Crippen LogP contribution in [0.5, 0.6) is 5.75 Å². The molecule has 138 valence electrons. The van der Waals surface area contributed by atoms with E-state index in [1.807, 2.05) is 32.0 Å². The molecule has 3 aromatic rings. The summed E-state index contributed by atoms with van der Waals surface area (Å²) >= 11 is 0. The molecule has 0 aliphatic heterocycles. The van der Waals surface area contributed by atoms with Crippen LogP contribution in [0.4, 0.5) is 0 Å². The Labute approximate surface area is 156 Å². The van der Waals surface area contributed by atoms with Gasteiger partial charge in [-0.2, -0.15) is 5.10 Å². The van der Waals surface area contributed by atoms with Gasteiger partial charge in [-0.05, 0) is 42.3 Å². The zero-order valence-corrected chi connectivity index (χ0v) is 15.2. The first-order valence-corrected chi connectivity index (χ1v) is 8.41. The minimum Gasteiger partial charge on any atom is -0.465 e. The Kier molecular flexibility index (Phi) is 5.30. The summed E-state index contributed by atoms with van der Waals surface area (Å²) in [6.45, 7) is 3.94. The van der Waals surface area contributed by atoms with Gasteiger partial charge in [-0.1, -0.05) is 19.9 Å². The van der Waals surface area contributed by atoms with Crippen LogP contribution in [-0.4, -0.2) is 33.8 Å². The lowest BCUT2D eigenvalue weighted by Crippen LogP contribution is -2.13. The number of hydrogen-bond acceptors (Lipinski definition) is 6. The minimum atomic E-state index is -0.522. The van der Waals surface area contributed by atoms with E-state index in [-0.39, 0.29) is 5.92 Å². The Hall–Kier alpha value is -3.48. The molecule has 0 N–H and O–H groups in total. The molecule has 2 heterocycles. The molecule has 0 bridgehead atoms. The summed E-state index contributed by atoms with van der Waals surface area (Å²) < 4.78 is 11.7. The van der Waals surface area contributed by atoms with Crippen molar-refractivity contribution in [1.29, 1.82) is 0 Å². The molecular weight excluding hydrogens is 346 g/mol. The van der Waals surface area contributed by atoms with Crippen LogP contribution < -0.4 is 4.74 Å². The van der Waals surface area contributed by atoms with E-state index < -0.39 is 11.9 Å². The van der Waals surface area contributed by atoms with Gasteiger partial charge in [0.2, 0.25) is 0 Å². The summed E-state index contributed by atoms with van der Waals surface area (Å²) in [4.78, 5) is 28.4. The fraction of sp³-hybridized carbons (Fsp3) is 0.200. The summed E-state index contributed by atoms with van der Waals surface area (Å²) in [7, 11) is 1.31. The number of carbonyl (C=O) groups is 2. The van der Waals surface area contributed by atoms with Gasteiger partial charge in [-0.15, -0.1) is 0 Å². The molecule has 0 amide bonds. The summed E-state index contributed by atoms with van der Waals surface area (Å²) in [6.07, 6.45) is 3.15. The van der Waals surface area contributed by atoms with Crippen LogP contribution in [0.1, 0.15) is 46.2 Å². The van der Waals surface area contributed by atoms with Gasteiger partial charge in [0.05, 0.1) is 24.6 Å². The fourth-order valence-electron chi connectivity index (χ4n) is 2.67. The molecule has 0 unspecified atom stereocenters. The number of esters is 2. The molecule has 0 radical (unpaired) electrons. The van der Waals surface area contributed by atoms with Gasteiger partial charge in [0, 0.05) is 6.20 Å². The van der Waals surface area contributed by atoms with Crippen molar-refractivity contribution in [3.8, 4) is 11.6 Å². The van der Waals surface area contributed by atoms with Crippen LogP contribution in [0.3, 0.4) is 0 Å². The van der Waals surface area contributed by atoms with E-state index in [0.29, 0.717) is 28.4 Å². The van der Waals surface area contributed by atoms with Crippen molar-refractivity contribution in [3.63, 3.8) is 0 Å². The summed E-state index contributed by atoms with van der Waals surface area (Å²) in [5.74, 6) is 0.00712. The molecule has 0 aliphatic carbocycles. The molecule has 0 saturated heterocycles. The second kappa shape index (κ2) is 7.82. The lowest BCUT2D eigenvalue weighted by molar-refractivity contribution is 0.0600. The Balaban J connectivity index is 1.87. The number of aromatic nitrogens is 3. The number of methoxy groups -OCH3 is 1. The molecule has 0 atom stereocenters. The fourth-order valence-corrected chi connectivity index (χ4v) is 2.67. The van der Waals surface area contributed by atoms with Gasteiger partial charge < -0.3 is 9.47 Å². The highest BCUT2D eigenvalue weighted by atomic mass is 16.5. The molecule has 0 aliphatic rings. The van der Waals surface area contributed by atoms with E-state index in [0.717, 1.165) is 0 Å². The molecular formula is C20H19N3O4. The molecule has 0 spiro atoms. The van der Waals surface area contributed by atoms with E-state index >= 15 is 0 Å².